The van der Waals surface area contributed by atoms with E-state index in [-0.39, 0.29) is 44.0 Å². The minimum atomic E-state index is -4.68. The van der Waals surface area contributed by atoms with Crippen LogP contribution in [0.25, 0.3) is 0 Å². The Bertz CT molecular complexity index is 1070. The van der Waals surface area contributed by atoms with Gasteiger partial charge in [0.25, 0.3) is 0 Å². The Balaban J connectivity index is 1.10. The van der Waals surface area contributed by atoms with E-state index in [0.717, 1.165) is 0 Å². The molecule has 0 unspecified atom stereocenters. The van der Waals surface area contributed by atoms with Gasteiger partial charge in [-0.3, -0.25) is 14.3 Å². The minimum absolute atomic E-state index is 0.0776. The Morgan fingerprint density at radius 3 is 2.47 bits per heavy atom. The van der Waals surface area contributed by atoms with Crippen molar-refractivity contribution in [3.63, 3.8) is 0 Å². The van der Waals surface area contributed by atoms with Crippen LogP contribution >= 0.6 is 11.6 Å². The number of carbonyl (C=O) groups is 2. The van der Waals surface area contributed by atoms with E-state index in [2.05, 4.69) is 10.1 Å². The largest absolute Gasteiger partial charge is 0.522 e. The van der Waals surface area contributed by atoms with Gasteiger partial charge in [0.05, 0.1) is 24.4 Å². The van der Waals surface area contributed by atoms with Crippen LogP contribution in [0, 0.1) is 5.41 Å². The summed E-state index contributed by atoms with van der Waals surface area (Å²) >= 11 is 6.00. The van der Waals surface area contributed by atoms with Gasteiger partial charge in [-0.05, 0) is 50.3 Å². The number of hydrogen-bond acceptors (Lipinski definition) is 7. The van der Waals surface area contributed by atoms with Crippen LogP contribution in [0.1, 0.15) is 69.5 Å². The summed E-state index contributed by atoms with van der Waals surface area (Å²) in [4.78, 5) is 25.8. The second kappa shape index (κ2) is 10.2. The van der Waals surface area contributed by atoms with Gasteiger partial charge in [-0.1, -0.05) is 11.6 Å². The minimum Gasteiger partial charge on any atom is -0.482 e. The summed E-state index contributed by atoms with van der Waals surface area (Å²) in [5.41, 5.74) is -0.679. The van der Waals surface area contributed by atoms with E-state index in [4.69, 9.17) is 21.1 Å². The standard InChI is InChI=1S/C26H31ClF3NO7/c27-14-1-2-20-17(7-14)18(32)10-21(37-20)19(33)11-24-3-5-25(6-4-24,12-22(24)34)31-23(35)13-36-15-8-16(9-15)38-26(28,29)30/h1-2,7,15-16,18,21-22,32,34H,3-6,8-13H2,(H,31,35)/t15?,16?,18-,21-,22+,24?,25?/m1/s1. The fourth-order valence-corrected chi connectivity index (χ4v) is 6.54. The third kappa shape index (κ3) is 5.82. The Morgan fingerprint density at radius 2 is 1.82 bits per heavy atom. The number of alkyl halides is 3. The lowest BCUT2D eigenvalue weighted by Crippen LogP contribution is -2.63. The molecule has 0 spiro atoms. The first-order valence-corrected chi connectivity index (χ1v) is 13.3. The van der Waals surface area contributed by atoms with Crippen molar-refractivity contribution in [3.8, 4) is 5.75 Å². The Labute approximate surface area is 222 Å². The third-order valence-corrected chi connectivity index (χ3v) is 8.86. The lowest BCUT2D eigenvalue weighted by Gasteiger charge is -2.56. The highest BCUT2D eigenvalue weighted by atomic mass is 35.5. The summed E-state index contributed by atoms with van der Waals surface area (Å²) in [6.45, 7) is -0.279. The van der Waals surface area contributed by atoms with Crippen LogP contribution in [0.2, 0.25) is 5.02 Å². The number of rotatable bonds is 8. The molecule has 12 heteroatoms. The molecule has 0 aromatic heterocycles. The highest BCUT2D eigenvalue weighted by molar-refractivity contribution is 6.30. The number of hydrogen-bond donors (Lipinski definition) is 3. The summed E-state index contributed by atoms with van der Waals surface area (Å²) in [7, 11) is 0. The number of nitrogens with one attached hydrogen (secondary N) is 1. The SMILES string of the molecule is O=C(COC1CC(OC(F)(F)F)C1)NC12CCC(CC(=O)[C@H]3C[C@@H](O)c4cc(Cl)ccc4O3)(CC1)[C@@H](O)C2. The molecule has 0 radical (unpaired) electrons. The number of fused-ring (bicyclic) bond motifs is 4. The lowest BCUT2D eigenvalue weighted by molar-refractivity contribution is -0.357. The van der Waals surface area contributed by atoms with Crippen LogP contribution in [0.4, 0.5) is 13.2 Å². The molecule has 210 valence electrons. The Morgan fingerprint density at radius 1 is 1.11 bits per heavy atom. The highest BCUT2D eigenvalue weighted by Gasteiger charge is 2.55. The topological polar surface area (TPSA) is 114 Å². The van der Waals surface area contributed by atoms with E-state index in [9.17, 15) is 33.0 Å². The zero-order chi connectivity index (χ0) is 27.3. The van der Waals surface area contributed by atoms with Crippen molar-refractivity contribution in [2.45, 2.75) is 100 Å². The Hall–Kier alpha value is -1.92. The van der Waals surface area contributed by atoms with Gasteiger partial charge in [0, 0.05) is 47.2 Å². The summed E-state index contributed by atoms with van der Waals surface area (Å²) in [5.74, 6) is -0.138. The summed E-state index contributed by atoms with van der Waals surface area (Å²) in [6, 6.07) is 4.89. The van der Waals surface area contributed by atoms with Gasteiger partial charge in [-0.25, -0.2) is 0 Å². The van der Waals surface area contributed by atoms with Gasteiger partial charge >= 0.3 is 6.36 Å². The summed E-state index contributed by atoms with van der Waals surface area (Å²) in [6.07, 6.45) is -5.64. The molecule has 4 aliphatic carbocycles. The van der Waals surface area contributed by atoms with E-state index in [0.29, 0.717) is 48.4 Å². The number of halogens is 4. The molecule has 38 heavy (non-hydrogen) atoms. The first-order valence-electron chi connectivity index (χ1n) is 12.9. The van der Waals surface area contributed by atoms with Crippen molar-refractivity contribution < 1.29 is 47.2 Å². The van der Waals surface area contributed by atoms with Crippen molar-refractivity contribution in [3.05, 3.63) is 28.8 Å². The lowest BCUT2D eigenvalue weighted by atomic mass is 9.54. The third-order valence-electron chi connectivity index (χ3n) is 8.62. The second-order valence-electron chi connectivity index (χ2n) is 11.2. The molecule has 1 aromatic rings. The number of ether oxygens (including phenoxy) is 3. The van der Waals surface area contributed by atoms with Crippen molar-refractivity contribution in [2.75, 3.05) is 6.61 Å². The molecule has 2 bridgehead atoms. The van der Waals surface area contributed by atoms with Crippen molar-refractivity contribution in [1.29, 1.82) is 0 Å². The van der Waals surface area contributed by atoms with Crippen molar-refractivity contribution in [2.24, 2.45) is 5.41 Å². The second-order valence-corrected chi connectivity index (χ2v) is 11.6. The van der Waals surface area contributed by atoms with Crippen LogP contribution in [0.5, 0.6) is 5.75 Å². The molecule has 6 rings (SSSR count). The molecule has 8 nitrogen and oxygen atoms in total. The van der Waals surface area contributed by atoms with Crippen LogP contribution in [-0.4, -0.2) is 64.8 Å². The number of aliphatic hydroxyl groups is 2. The molecule has 0 saturated heterocycles. The molecule has 3 N–H and O–H groups in total. The van der Waals surface area contributed by atoms with Gasteiger partial charge < -0.3 is 25.0 Å². The van der Waals surface area contributed by atoms with E-state index >= 15 is 0 Å². The number of benzene rings is 1. The van der Waals surface area contributed by atoms with Crippen molar-refractivity contribution >= 4 is 23.3 Å². The fraction of sp³-hybridized carbons (Fsp3) is 0.692. The molecule has 1 heterocycles. The normalized spacial score (nSPS) is 36.1. The molecular weight excluding hydrogens is 531 g/mol. The molecule has 1 aromatic carbocycles. The van der Waals surface area contributed by atoms with Crippen LogP contribution < -0.4 is 10.1 Å². The predicted molar refractivity (Wildman–Crippen MR) is 127 cm³/mol. The average molecular weight is 562 g/mol. The van der Waals surface area contributed by atoms with Crippen LogP contribution in [0.3, 0.4) is 0 Å². The summed E-state index contributed by atoms with van der Waals surface area (Å²) < 4.78 is 51.9. The predicted octanol–water partition coefficient (Wildman–Crippen LogP) is 3.75. The number of carbonyl (C=O) groups excluding carboxylic acids is 2. The maximum absolute atomic E-state index is 13.2. The monoisotopic (exact) mass is 561 g/mol. The van der Waals surface area contributed by atoms with Gasteiger partial charge in [0.1, 0.15) is 12.4 Å². The molecule has 1 aliphatic heterocycles. The number of ketones is 1. The van der Waals surface area contributed by atoms with Crippen LogP contribution in [-0.2, 0) is 19.1 Å². The zero-order valence-electron chi connectivity index (χ0n) is 20.6. The summed E-state index contributed by atoms with van der Waals surface area (Å²) in [5, 5.41) is 25.0. The number of Topliss-reactive ketones (excluding diaryl/α,β-unsaturated/α-hetero) is 1. The average Bonchev–Trinajstić information content (AvgIpc) is 2.81. The van der Waals surface area contributed by atoms with Gasteiger partial charge in [-0.2, -0.15) is 0 Å². The van der Waals surface area contributed by atoms with Crippen LogP contribution in [0.15, 0.2) is 18.2 Å². The maximum atomic E-state index is 13.2. The maximum Gasteiger partial charge on any atom is 0.522 e. The van der Waals surface area contributed by atoms with E-state index in [1.54, 1.807) is 18.2 Å². The first kappa shape index (κ1) is 27.6. The quantitative estimate of drug-likeness (QED) is 0.443. The van der Waals surface area contributed by atoms with E-state index in [1.165, 1.54) is 0 Å². The van der Waals surface area contributed by atoms with Gasteiger partial charge in [0.15, 0.2) is 11.9 Å². The van der Waals surface area contributed by atoms with E-state index in [1.807, 2.05) is 0 Å². The Kier molecular flexibility index (Phi) is 7.45. The molecule has 5 aliphatic rings. The van der Waals surface area contributed by atoms with Gasteiger partial charge in [0.2, 0.25) is 5.91 Å². The molecular formula is C26H31ClF3NO7. The molecule has 4 saturated carbocycles. The molecule has 3 atom stereocenters. The number of amides is 1. The van der Waals surface area contributed by atoms with Gasteiger partial charge in [-0.15, -0.1) is 13.2 Å². The number of aliphatic hydroxyl groups excluding tert-OH is 2. The molecule has 4 fully saturated rings. The van der Waals surface area contributed by atoms with E-state index < -0.39 is 47.8 Å². The smallest absolute Gasteiger partial charge is 0.482 e. The first-order chi connectivity index (χ1) is 17.9. The molecule has 1 amide bonds. The zero-order valence-corrected chi connectivity index (χ0v) is 21.4. The van der Waals surface area contributed by atoms with Crippen molar-refractivity contribution in [1.82, 2.24) is 5.32 Å². The highest BCUT2D eigenvalue weighted by Crippen LogP contribution is 2.54. The fourth-order valence-electron chi connectivity index (χ4n) is 6.36.